The van der Waals surface area contributed by atoms with Gasteiger partial charge in [-0.15, -0.1) is 0 Å². The topological polar surface area (TPSA) is 58.0 Å². The third kappa shape index (κ3) is 3.10. The van der Waals surface area contributed by atoms with E-state index >= 15 is 0 Å². The van der Waals surface area contributed by atoms with Crippen LogP contribution in [0.15, 0.2) is 16.8 Å². The third-order valence-electron chi connectivity index (χ3n) is 4.09. The van der Waals surface area contributed by atoms with Gasteiger partial charge in [0.15, 0.2) is 0 Å². The summed E-state index contributed by atoms with van der Waals surface area (Å²) in [5.74, 6) is 1.59. The summed E-state index contributed by atoms with van der Waals surface area (Å²) < 4.78 is 5.14. The van der Waals surface area contributed by atoms with Crippen LogP contribution < -0.4 is 0 Å². The Balaban J connectivity index is 1.57. The summed E-state index contributed by atoms with van der Waals surface area (Å²) in [5, 5.41) is 11.3. The van der Waals surface area contributed by atoms with Gasteiger partial charge in [0.1, 0.15) is 5.76 Å². The van der Waals surface area contributed by atoms with Crippen LogP contribution in [0.3, 0.4) is 0 Å². The Morgan fingerprint density at radius 3 is 3.05 bits per heavy atom. The van der Waals surface area contributed by atoms with Gasteiger partial charge < -0.3 is 4.52 Å². The van der Waals surface area contributed by atoms with Gasteiger partial charge in [-0.25, -0.2) is 0 Å². The number of aryl methyl sites for hydroxylation is 2. The minimum Gasteiger partial charge on any atom is -0.361 e. The molecule has 0 aromatic carbocycles. The van der Waals surface area contributed by atoms with E-state index in [1.165, 1.54) is 24.1 Å². The molecular formula is C15H22N4O. The molecule has 0 aliphatic carbocycles. The Labute approximate surface area is 119 Å². The van der Waals surface area contributed by atoms with Gasteiger partial charge in [0.05, 0.1) is 11.9 Å². The molecule has 5 heteroatoms. The fourth-order valence-corrected chi connectivity index (χ4v) is 3.05. The number of piperidine rings is 1. The first-order valence-electron chi connectivity index (χ1n) is 7.34. The normalized spacial score (nSPS) is 20.4. The number of nitrogens with one attached hydrogen (secondary N) is 1. The van der Waals surface area contributed by atoms with Crippen LogP contribution in [0.2, 0.25) is 0 Å². The highest BCUT2D eigenvalue weighted by molar-refractivity contribution is 5.14. The molecule has 1 aliphatic heterocycles. The summed E-state index contributed by atoms with van der Waals surface area (Å²) >= 11 is 0. The molecule has 0 saturated carbocycles. The van der Waals surface area contributed by atoms with E-state index in [9.17, 15) is 0 Å². The Morgan fingerprint density at radius 2 is 2.35 bits per heavy atom. The van der Waals surface area contributed by atoms with Crippen molar-refractivity contribution in [3.8, 4) is 0 Å². The van der Waals surface area contributed by atoms with E-state index < -0.39 is 0 Å². The largest absolute Gasteiger partial charge is 0.361 e. The van der Waals surface area contributed by atoms with Crippen LogP contribution >= 0.6 is 0 Å². The van der Waals surface area contributed by atoms with Crippen LogP contribution in [0.25, 0.3) is 0 Å². The first-order chi connectivity index (χ1) is 9.70. The second-order valence-electron chi connectivity index (χ2n) is 5.91. The van der Waals surface area contributed by atoms with Crippen molar-refractivity contribution < 1.29 is 4.52 Å². The molecule has 0 amide bonds. The maximum atomic E-state index is 5.14. The van der Waals surface area contributed by atoms with Crippen molar-refractivity contribution in [1.29, 1.82) is 0 Å². The highest BCUT2D eigenvalue weighted by Crippen LogP contribution is 2.22. The third-order valence-corrected chi connectivity index (χ3v) is 4.09. The number of likely N-dealkylation sites (tertiary alicyclic amines) is 1. The molecule has 20 heavy (non-hydrogen) atoms. The van der Waals surface area contributed by atoms with Crippen molar-refractivity contribution >= 4 is 0 Å². The molecule has 5 nitrogen and oxygen atoms in total. The van der Waals surface area contributed by atoms with Gasteiger partial charge in [-0.1, -0.05) is 5.16 Å². The van der Waals surface area contributed by atoms with Crippen LogP contribution in [0.5, 0.6) is 0 Å². The summed E-state index contributed by atoms with van der Waals surface area (Å²) in [6, 6.07) is 2.03. The SMILES string of the molecule is Cc1cc(CN2CCC[C@H](Cc3[nH]ncc3C)C2)no1. The second kappa shape index (κ2) is 5.79. The quantitative estimate of drug-likeness (QED) is 0.930. The smallest absolute Gasteiger partial charge is 0.133 e. The lowest BCUT2D eigenvalue weighted by Crippen LogP contribution is -2.35. The summed E-state index contributed by atoms with van der Waals surface area (Å²) in [4.78, 5) is 2.48. The summed E-state index contributed by atoms with van der Waals surface area (Å²) in [7, 11) is 0. The van der Waals surface area contributed by atoms with Crippen LogP contribution in [0, 0.1) is 19.8 Å². The molecule has 0 bridgehead atoms. The van der Waals surface area contributed by atoms with Crippen molar-refractivity contribution in [2.45, 2.75) is 39.7 Å². The number of nitrogens with zero attached hydrogens (tertiary/aromatic N) is 3. The molecule has 1 N–H and O–H groups in total. The van der Waals surface area contributed by atoms with E-state index in [0.717, 1.165) is 37.5 Å². The van der Waals surface area contributed by atoms with Crippen molar-refractivity contribution in [3.05, 3.63) is 35.0 Å². The summed E-state index contributed by atoms with van der Waals surface area (Å²) in [6.07, 6.45) is 5.57. The lowest BCUT2D eigenvalue weighted by atomic mass is 9.92. The van der Waals surface area contributed by atoms with E-state index in [1.807, 2.05) is 19.2 Å². The maximum absolute atomic E-state index is 5.14. The van der Waals surface area contributed by atoms with E-state index in [4.69, 9.17) is 4.52 Å². The lowest BCUT2D eigenvalue weighted by Gasteiger charge is -2.32. The summed E-state index contributed by atoms with van der Waals surface area (Å²) in [5.41, 5.74) is 3.60. The number of aromatic amines is 1. The van der Waals surface area contributed by atoms with Crippen molar-refractivity contribution in [1.82, 2.24) is 20.3 Å². The van der Waals surface area contributed by atoms with Gasteiger partial charge in [0, 0.05) is 24.8 Å². The number of aromatic nitrogens is 3. The zero-order valence-electron chi connectivity index (χ0n) is 12.2. The second-order valence-corrected chi connectivity index (χ2v) is 5.91. The minimum absolute atomic E-state index is 0.705. The van der Waals surface area contributed by atoms with Crippen molar-refractivity contribution in [3.63, 3.8) is 0 Å². The van der Waals surface area contributed by atoms with Crippen LogP contribution in [-0.4, -0.2) is 33.3 Å². The molecular weight excluding hydrogens is 252 g/mol. The molecule has 3 rings (SSSR count). The Kier molecular flexibility index (Phi) is 3.87. The van der Waals surface area contributed by atoms with Gasteiger partial charge in [-0.2, -0.15) is 5.10 Å². The van der Waals surface area contributed by atoms with Crippen LogP contribution in [-0.2, 0) is 13.0 Å². The minimum atomic E-state index is 0.705. The zero-order chi connectivity index (χ0) is 13.9. The molecule has 0 spiro atoms. The number of hydrogen-bond acceptors (Lipinski definition) is 4. The molecule has 0 unspecified atom stereocenters. The van der Waals surface area contributed by atoms with E-state index in [-0.39, 0.29) is 0 Å². The summed E-state index contributed by atoms with van der Waals surface area (Å²) in [6.45, 7) is 7.25. The number of H-pyrrole nitrogens is 1. The first-order valence-corrected chi connectivity index (χ1v) is 7.34. The van der Waals surface area contributed by atoms with Gasteiger partial charge in [-0.05, 0) is 51.1 Å². The molecule has 3 heterocycles. The number of rotatable bonds is 4. The monoisotopic (exact) mass is 274 g/mol. The molecule has 1 aliphatic rings. The molecule has 2 aromatic rings. The number of hydrogen-bond donors (Lipinski definition) is 1. The van der Waals surface area contributed by atoms with Gasteiger partial charge in [0.2, 0.25) is 0 Å². The molecule has 0 radical (unpaired) electrons. The molecule has 108 valence electrons. The lowest BCUT2D eigenvalue weighted by molar-refractivity contribution is 0.162. The highest BCUT2D eigenvalue weighted by Gasteiger charge is 2.22. The average Bonchev–Trinajstić information content (AvgIpc) is 3.00. The first kappa shape index (κ1) is 13.4. The van der Waals surface area contributed by atoms with Crippen LogP contribution in [0.1, 0.15) is 35.6 Å². The van der Waals surface area contributed by atoms with Crippen LogP contribution in [0.4, 0.5) is 0 Å². The van der Waals surface area contributed by atoms with Crippen molar-refractivity contribution in [2.24, 2.45) is 5.92 Å². The van der Waals surface area contributed by atoms with E-state index in [1.54, 1.807) is 0 Å². The van der Waals surface area contributed by atoms with Gasteiger partial charge >= 0.3 is 0 Å². The maximum Gasteiger partial charge on any atom is 0.133 e. The standard InChI is InChI=1S/C15H22N4O/c1-11-8-16-17-15(11)7-13-4-3-5-19(9-13)10-14-6-12(2)20-18-14/h6,8,13H,3-5,7,9-10H2,1-2H3,(H,16,17)/t13-/m1/s1. The molecule has 2 aromatic heterocycles. The zero-order valence-corrected chi connectivity index (χ0v) is 12.2. The Morgan fingerprint density at radius 1 is 1.45 bits per heavy atom. The molecule has 1 fully saturated rings. The Bertz CT molecular complexity index is 560. The van der Waals surface area contributed by atoms with Crippen molar-refractivity contribution in [2.75, 3.05) is 13.1 Å². The molecule has 1 atom stereocenters. The van der Waals surface area contributed by atoms with E-state index in [0.29, 0.717) is 5.92 Å². The fraction of sp³-hybridized carbons (Fsp3) is 0.600. The van der Waals surface area contributed by atoms with E-state index in [2.05, 4.69) is 27.2 Å². The van der Waals surface area contributed by atoms with Gasteiger partial charge in [-0.3, -0.25) is 10.00 Å². The fourth-order valence-electron chi connectivity index (χ4n) is 3.05. The predicted octanol–water partition coefficient (Wildman–Crippen LogP) is 2.47. The Hall–Kier alpha value is -1.62. The molecule has 1 saturated heterocycles. The highest BCUT2D eigenvalue weighted by atomic mass is 16.5. The predicted molar refractivity (Wildman–Crippen MR) is 76.3 cm³/mol. The average molecular weight is 274 g/mol. The van der Waals surface area contributed by atoms with Gasteiger partial charge in [0.25, 0.3) is 0 Å².